The lowest BCUT2D eigenvalue weighted by molar-refractivity contribution is -0.140. The van der Waals surface area contributed by atoms with Crippen molar-refractivity contribution in [1.29, 1.82) is 0 Å². The second-order valence-electron chi connectivity index (χ2n) is 5.75. The van der Waals surface area contributed by atoms with E-state index in [-0.39, 0.29) is 17.6 Å². The number of carboxylic acids is 1. The number of hydrogen-bond acceptors (Lipinski definition) is 3. The molecule has 0 aliphatic rings. The number of amides is 1. The highest BCUT2D eigenvalue weighted by molar-refractivity contribution is 5.92. The molecule has 0 bridgehead atoms. The molecule has 0 saturated carbocycles. The monoisotopic (exact) mass is 315 g/mol. The quantitative estimate of drug-likeness (QED) is 0.888. The van der Waals surface area contributed by atoms with Gasteiger partial charge < -0.3 is 10.4 Å². The third-order valence-corrected chi connectivity index (χ3v) is 3.83. The van der Waals surface area contributed by atoms with Crippen molar-refractivity contribution in [2.45, 2.75) is 39.8 Å². The Balaban J connectivity index is 2.11. The molecule has 122 valence electrons. The molecule has 0 fully saturated rings. The number of nitrogens with one attached hydrogen (secondary N) is 1. The number of carbonyl (C=O) groups is 2. The van der Waals surface area contributed by atoms with E-state index in [1.54, 1.807) is 0 Å². The maximum Gasteiger partial charge on any atom is 0.328 e. The molecule has 23 heavy (non-hydrogen) atoms. The first-order valence-electron chi connectivity index (χ1n) is 7.45. The highest BCUT2D eigenvalue weighted by atomic mass is 16.4. The average Bonchev–Trinajstić information content (AvgIpc) is 2.95. The van der Waals surface area contributed by atoms with Gasteiger partial charge in [-0.2, -0.15) is 5.10 Å². The zero-order valence-corrected chi connectivity index (χ0v) is 13.7. The van der Waals surface area contributed by atoms with Crippen LogP contribution in [0.25, 0.3) is 0 Å². The predicted octanol–water partition coefficient (Wildman–Crippen LogP) is 2.64. The van der Waals surface area contributed by atoms with Crippen molar-refractivity contribution in [2.75, 3.05) is 0 Å². The summed E-state index contributed by atoms with van der Waals surface area (Å²) in [5, 5.41) is 15.9. The van der Waals surface area contributed by atoms with Crippen LogP contribution < -0.4 is 5.32 Å². The molecule has 0 radical (unpaired) electrons. The molecule has 0 saturated heterocycles. The molecule has 0 aliphatic heterocycles. The molecule has 6 heteroatoms. The van der Waals surface area contributed by atoms with Crippen LogP contribution in [0.15, 0.2) is 30.5 Å². The molecule has 0 spiro atoms. The van der Waals surface area contributed by atoms with Gasteiger partial charge in [-0.25, -0.2) is 4.79 Å². The first kappa shape index (κ1) is 16.7. The fraction of sp³-hybridized carbons (Fsp3) is 0.353. The molecule has 2 aromatic rings. The molecule has 1 aromatic heterocycles. The summed E-state index contributed by atoms with van der Waals surface area (Å²) >= 11 is 0. The normalized spacial score (nSPS) is 13.4. The Labute approximate surface area is 135 Å². The molecular formula is C17H21N3O3. The van der Waals surface area contributed by atoms with E-state index in [1.807, 2.05) is 32.9 Å². The summed E-state index contributed by atoms with van der Waals surface area (Å²) < 4.78 is 1.26. The molecule has 6 nitrogen and oxygen atoms in total. The molecule has 2 N–H and O–H groups in total. The first-order chi connectivity index (χ1) is 10.8. The van der Waals surface area contributed by atoms with Crippen LogP contribution in [0.5, 0.6) is 0 Å². The van der Waals surface area contributed by atoms with Crippen LogP contribution in [-0.2, 0) is 4.79 Å². The molecule has 2 atom stereocenters. The van der Waals surface area contributed by atoms with Crippen molar-refractivity contribution in [2.24, 2.45) is 0 Å². The van der Waals surface area contributed by atoms with E-state index in [9.17, 15) is 9.59 Å². The van der Waals surface area contributed by atoms with Gasteiger partial charge >= 0.3 is 5.97 Å². The minimum absolute atomic E-state index is 0.162. The lowest BCUT2D eigenvalue weighted by Crippen LogP contribution is -2.28. The first-order valence-corrected chi connectivity index (χ1v) is 7.45. The Hall–Kier alpha value is -2.63. The topological polar surface area (TPSA) is 84.2 Å². The van der Waals surface area contributed by atoms with Crippen molar-refractivity contribution < 1.29 is 14.7 Å². The summed E-state index contributed by atoms with van der Waals surface area (Å²) in [5.74, 6) is -1.32. The number of rotatable bonds is 5. The van der Waals surface area contributed by atoms with Crippen LogP contribution in [0.3, 0.4) is 0 Å². The van der Waals surface area contributed by atoms with Crippen molar-refractivity contribution >= 4 is 11.9 Å². The Kier molecular flexibility index (Phi) is 4.83. The van der Waals surface area contributed by atoms with Gasteiger partial charge in [-0.1, -0.05) is 23.8 Å². The van der Waals surface area contributed by atoms with Crippen LogP contribution >= 0.6 is 0 Å². The molecule has 1 amide bonds. The molecule has 2 rings (SSSR count). The third kappa shape index (κ3) is 3.77. The summed E-state index contributed by atoms with van der Waals surface area (Å²) in [4.78, 5) is 23.2. The van der Waals surface area contributed by atoms with E-state index in [1.165, 1.54) is 29.4 Å². The maximum atomic E-state index is 12.3. The lowest BCUT2D eigenvalue weighted by atomic mass is 10.0. The van der Waals surface area contributed by atoms with Crippen molar-refractivity contribution in [3.63, 3.8) is 0 Å². The molecule has 0 aliphatic carbocycles. The standard InChI is InChI=1S/C17H21N3O3/c1-10-5-6-14(11(2)9-10)12(3)18-16(21)15-7-8-20(19-15)13(4)17(22)23/h5-9,12-13H,1-4H3,(H,18,21)(H,22,23). The van der Waals surface area contributed by atoms with Gasteiger partial charge in [0.05, 0.1) is 6.04 Å². The van der Waals surface area contributed by atoms with Gasteiger partial charge in [0.25, 0.3) is 5.91 Å². The van der Waals surface area contributed by atoms with Gasteiger partial charge in [-0.05, 0) is 44.9 Å². The molecular weight excluding hydrogens is 294 g/mol. The van der Waals surface area contributed by atoms with E-state index < -0.39 is 12.0 Å². The summed E-state index contributed by atoms with van der Waals surface area (Å²) in [6, 6.07) is 6.62. The van der Waals surface area contributed by atoms with Gasteiger partial charge in [0.1, 0.15) is 11.7 Å². The number of carboxylic acid groups (broad SMARTS) is 1. The van der Waals surface area contributed by atoms with Gasteiger partial charge in [0, 0.05) is 6.20 Å². The molecule has 1 aromatic carbocycles. The minimum atomic E-state index is -0.997. The smallest absolute Gasteiger partial charge is 0.328 e. The van der Waals surface area contributed by atoms with Gasteiger partial charge in [-0.15, -0.1) is 0 Å². The van der Waals surface area contributed by atoms with Crippen LogP contribution in [0.2, 0.25) is 0 Å². The fourth-order valence-electron chi connectivity index (χ4n) is 2.45. The Morgan fingerprint density at radius 3 is 2.52 bits per heavy atom. The van der Waals surface area contributed by atoms with Crippen LogP contribution in [-0.4, -0.2) is 26.8 Å². The summed E-state index contributed by atoms with van der Waals surface area (Å²) in [6.07, 6.45) is 1.50. The summed E-state index contributed by atoms with van der Waals surface area (Å²) in [5.41, 5.74) is 3.53. The van der Waals surface area contributed by atoms with Crippen molar-refractivity contribution in [1.82, 2.24) is 15.1 Å². The van der Waals surface area contributed by atoms with Crippen LogP contribution in [0.1, 0.15) is 53.1 Å². The van der Waals surface area contributed by atoms with E-state index >= 15 is 0 Å². The predicted molar refractivity (Wildman–Crippen MR) is 86.4 cm³/mol. The van der Waals surface area contributed by atoms with Crippen LogP contribution in [0.4, 0.5) is 0 Å². The van der Waals surface area contributed by atoms with E-state index in [0.717, 1.165) is 11.1 Å². The Bertz CT molecular complexity index is 736. The number of nitrogens with zero attached hydrogens (tertiary/aromatic N) is 2. The zero-order valence-electron chi connectivity index (χ0n) is 13.7. The number of aromatic nitrogens is 2. The highest BCUT2D eigenvalue weighted by Crippen LogP contribution is 2.19. The second kappa shape index (κ2) is 6.64. The number of benzene rings is 1. The molecule has 1 heterocycles. The Morgan fingerprint density at radius 2 is 1.91 bits per heavy atom. The summed E-state index contributed by atoms with van der Waals surface area (Å²) in [7, 11) is 0. The Morgan fingerprint density at radius 1 is 1.22 bits per heavy atom. The van der Waals surface area contributed by atoms with Gasteiger partial charge in [0.15, 0.2) is 0 Å². The van der Waals surface area contributed by atoms with Crippen molar-refractivity contribution in [3.05, 3.63) is 52.8 Å². The zero-order chi connectivity index (χ0) is 17.1. The average molecular weight is 315 g/mol. The SMILES string of the molecule is Cc1ccc(C(C)NC(=O)c2ccn(C(C)C(=O)O)n2)c(C)c1. The van der Waals surface area contributed by atoms with E-state index in [2.05, 4.69) is 16.5 Å². The number of aryl methyl sites for hydroxylation is 2. The van der Waals surface area contributed by atoms with E-state index in [0.29, 0.717) is 0 Å². The largest absolute Gasteiger partial charge is 0.480 e. The number of carbonyl (C=O) groups excluding carboxylic acids is 1. The van der Waals surface area contributed by atoms with Gasteiger partial charge in [-0.3, -0.25) is 9.48 Å². The fourth-order valence-corrected chi connectivity index (χ4v) is 2.45. The summed E-state index contributed by atoms with van der Waals surface area (Å²) in [6.45, 7) is 7.45. The van der Waals surface area contributed by atoms with Gasteiger partial charge in [0.2, 0.25) is 0 Å². The number of aliphatic carboxylic acids is 1. The van der Waals surface area contributed by atoms with Crippen molar-refractivity contribution in [3.8, 4) is 0 Å². The molecule has 2 unspecified atom stereocenters. The van der Waals surface area contributed by atoms with Crippen LogP contribution in [0, 0.1) is 13.8 Å². The van der Waals surface area contributed by atoms with E-state index in [4.69, 9.17) is 5.11 Å². The maximum absolute atomic E-state index is 12.3. The highest BCUT2D eigenvalue weighted by Gasteiger charge is 2.18. The second-order valence-corrected chi connectivity index (χ2v) is 5.75. The lowest BCUT2D eigenvalue weighted by Gasteiger charge is -2.16. The number of hydrogen-bond donors (Lipinski definition) is 2. The minimum Gasteiger partial charge on any atom is -0.480 e. The third-order valence-electron chi connectivity index (χ3n) is 3.83.